The van der Waals surface area contributed by atoms with Crippen LogP contribution in [0.2, 0.25) is 5.02 Å². The molecule has 0 atom stereocenters. The van der Waals surface area contributed by atoms with Crippen LogP contribution in [0.3, 0.4) is 0 Å². The minimum absolute atomic E-state index is 0.0677. The van der Waals surface area contributed by atoms with Gasteiger partial charge in [0.25, 0.3) is 0 Å². The Hall–Kier alpha value is -0.930. The van der Waals surface area contributed by atoms with Crippen LogP contribution >= 0.6 is 11.6 Å². The summed E-state index contributed by atoms with van der Waals surface area (Å²) in [5.41, 5.74) is 0.113. The molecule has 94 valence electrons. The average molecular weight is 256 g/mol. The number of aromatic nitrogens is 1. The molecule has 4 heteroatoms. The summed E-state index contributed by atoms with van der Waals surface area (Å²) in [6.45, 7) is 3.91. The van der Waals surface area contributed by atoms with Gasteiger partial charge in [-0.25, -0.2) is 0 Å². The van der Waals surface area contributed by atoms with Gasteiger partial charge < -0.3 is 4.74 Å². The zero-order valence-corrected chi connectivity index (χ0v) is 11.3. The number of hydrogen-bond donors (Lipinski definition) is 0. The van der Waals surface area contributed by atoms with Crippen molar-refractivity contribution in [1.82, 2.24) is 4.98 Å². The number of nitrogens with zero attached hydrogens (tertiary/aromatic N) is 1. The quantitative estimate of drug-likeness (QED) is 0.784. The van der Waals surface area contributed by atoms with E-state index in [2.05, 4.69) is 4.98 Å². The standard InChI is InChI=1S/C13H18ClNO2/c1-4-13(5-2,17-3)12(16)8-10-6-7-15-9-11(10)14/h6-7,9H,4-5,8H2,1-3H3. The molecule has 0 saturated heterocycles. The van der Waals surface area contributed by atoms with Crippen molar-refractivity contribution in [3.8, 4) is 0 Å². The first-order chi connectivity index (χ1) is 8.09. The van der Waals surface area contributed by atoms with Crippen molar-refractivity contribution in [1.29, 1.82) is 0 Å². The van der Waals surface area contributed by atoms with E-state index in [1.165, 1.54) is 0 Å². The fourth-order valence-electron chi connectivity index (χ4n) is 1.93. The first-order valence-electron chi connectivity index (χ1n) is 5.76. The Morgan fingerprint density at radius 3 is 2.59 bits per heavy atom. The van der Waals surface area contributed by atoms with Gasteiger partial charge in [0.2, 0.25) is 0 Å². The third-order valence-corrected chi connectivity index (χ3v) is 3.59. The topological polar surface area (TPSA) is 39.2 Å². The highest BCUT2D eigenvalue weighted by Gasteiger charge is 2.34. The van der Waals surface area contributed by atoms with E-state index in [0.29, 0.717) is 17.9 Å². The molecule has 1 heterocycles. The van der Waals surface area contributed by atoms with E-state index in [1.807, 2.05) is 13.8 Å². The van der Waals surface area contributed by atoms with Crippen LogP contribution in [0.1, 0.15) is 32.3 Å². The first-order valence-corrected chi connectivity index (χ1v) is 6.14. The predicted octanol–water partition coefficient (Wildman–Crippen LogP) is 3.05. The van der Waals surface area contributed by atoms with Crippen molar-refractivity contribution in [2.24, 2.45) is 0 Å². The van der Waals surface area contributed by atoms with Gasteiger partial charge in [0.05, 0.1) is 5.02 Å². The zero-order chi connectivity index (χ0) is 12.9. The maximum atomic E-state index is 12.3. The highest BCUT2D eigenvalue weighted by atomic mass is 35.5. The van der Waals surface area contributed by atoms with Crippen molar-refractivity contribution >= 4 is 17.4 Å². The van der Waals surface area contributed by atoms with E-state index < -0.39 is 5.60 Å². The second kappa shape index (κ2) is 6.12. The lowest BCUT2D eigenvalue weighted by Crippen LogP contribution is -2.40. The van der Waals surface area contributed by atoms with Crippen LogP contribution in [-0.4, -0.2) is 23.5 Å². The first kappa shape index (κ1) is 14.1. The van der Waals surface area contributed by atoms with Gasteiger partial charge >= 0.3 is 0 Å². The van der Waals surface area contributed by atoms with Crippen LogP contribution in [0.5, 0.6) is 0 Å². The van der Waals surface area contributed by atoms with Crippen molar-refractivity contribution in [3.05, 3.63) is 29.0 Å². The molecule has 0 aliphatic rings. The smallest absolute Gasteiger partial charge is 0.168 e. The lowest BCUT2D eigenvalue weighted by atomic mass is 9.88. The maximum absolute atomic E-state index is 12.3. The van der Waals surface area contributed by atoms with E-state index >= 15 is 0 Å². The molecule has 17 heavy (non-hydrogen) atoms. The molecule has 3 nitrogen and oxygen atoms in total. The molecule has 1 aromatic heterocycles. The molecule has 0 aliphatic carbocycles. The number of ether oxygens (including phenoxy) is 1. The molecule has 0 spiro atoms. The molecule has 0 fully saturated rings. The van der Waals surface area contributed by atoms with E-state index in [1.54, 1.807) is 25.6 Å². The normalized spacial score (nSPS) is 11.5. The van der Waals surface area contributed by atoms with Gasteiger partial charge in [-0.15, -0.1) is 0 Å². The number of halogens is 1. The largest absolute Gasteiger partial charge is 0.370 e. The van der Waals surface area contributed by atoms with Gasteiger partial charge in [0.15, 0.2) is 5.78 Å². The Labute approximate surface area is 107 Å². The second-order valence-corrected chi connectivity index (χ2v) is 4.38. The van der Waals surface area contributed by atoms with Crippen LogP contribution < -0.4 is 0 Å². The Bertz CT molecular complexity index is 380. The third-order valence-electron chi connectivity index (χ3n) is 3.25. The maximum Gasteiger partial charge on any atom is 0.168 e. The van der Waals surface area contributed by atoms with E-state index in [-0.39, 0.29) is 12.2 Å². The van der Waals surface area contributed by atoms with Crippen LogP contribution in [0, 0.1) is 0 Å². The lowest BCUT2D eigenvalue weighted by molar-refractivity contribution is -0.141. The van der Waals surface area contributed by atoms with Gasteiger partial charge in [0, 0.05) is 25.9 Å². The number of hydrogen-bond acceptors (Lipinski definition) is 3. The highest BCUT2D eigenvalue weighted by Crippen LogP contribution is 2.24. The Balaban J connectivity index is 2.88. The monoisotopic (exact) mass is 255 g/mol. The summed E-state index contributed by atoms with van der Waals surface area (Å²) in [6, 6.07) is 1.77. The van der Waals surface area contributed by atoms with Crippen molar-refractivity contribution in [3.63, 3.8) is 0 Å². The number of ketones is 1. The van der Waals surface area contributed by atoms with Crippen molar-refractivity contribution in [2.45, 2.75) is 38.7 Å². The lowest BCUT2D eigenvalue weighted by Gasteiger charge is -2.28. The van der Waals surface area contributed by atoms with Gasteiger partial charge in [-0.2, -0.15) is 0 Å². The summed E-state index contributed by atoms with van der Waals surface area (Å²) in [5, 5.41) is 0.526. The summed E-state index contributed by atoms with van der Waals surface area (Å²) in [5.74, 6) is 0.0677. The van der Waals surface area contributed by atoms with E-state index in [0.717, 1.165) is 5.56 Å². The SMILES string of the molecule is CCC(CC)(OC)C(=O)Cc1ccncc1Cl. The van der Waals surface area contributed by atoms with Crippen molar-refractivity contribution < 1.29 is 9.53 Å². The molecule has 0 bridgehead atoms. The Kier molecular flexibility index (Phi) is 5.09. The summed E-state index contributed by atoms with van der Waals surface area (Å²) in [6.07, 6.45) is 4.82. The number of carbonyl (C=O) groups excluding carboxylic acids is 1. The van der Waals surface area contributed by atoms with Gasteiger partial charge in [-0.1, -0.05) is 25.4 Å². The summed E-state index contributed by atoms with van der Waals surface area (Å²) in [4.78, 5) is 16.2. The number of methoxy groups -OCH3 is 1. The number of carbonyl (C=O) groups is 1. The van der Waals surface area contributed by atoms with Crippen molar-refractivity contribution in [2.75, 3.05) is 7.11 Å². The molecule has 0 saturated carbocycles. The van der Waals surface area contributed by atoms with E-state index in [9.17, 15) is 4.79 Å². The van der Waals surface area contributed by atoms with Crippen LogP contribution in [0.15, 0.2) is 18.5 Å². The van der Waals surface area contributed by atoms with Crippen LogP contribution in [0.25, 0.3) is 0 Å². The minimum Gasteiger partial charge on any atom is -0.370 e. The van der Waals surface area contributed by atoms with Crippen LogP contribution in [0.4, 0.5) is 0 Å². The highest BCUT2D eigenvalue weighted by molar-refractivity contribution is 6.31. The van der Waals surface area contributed by atoms with Gasteiger partial charge in [0.1, 0.15) is 5.60 Å². The molecule has 0 amide bonds. The molecule has 0 unspecified atom stereocenters. The number of pyridine rings is 1. The average Bonchev–Trinajstić information content (AvgIpc) is 2.35. The fourth-order valence-corrected chi connectivity index (χ4v) is 2.11. The molecule has 0 N–H and O–H groups in total. The number of rotatable bonds is 6. The van der Waals surface area contributed by atoms with E-state index in [4.69, 9.17) is 16.3 Å². The fraction of sp³-hybridized carbons (Fsp3) is 0.538. The Morgan fingerprint density at radius 2 is 2.12 bits per heavy atom. The molecule has 0 radical (unpaired) electrons. The Morgan fingerprint density at radius 1 is 1.47 bits per heavy atom. The molecular formula is C13H18ClNO2. The molecule has 1 rings (SSSR count). The minimum atomic E-state index is -0.688. The summed E-state index contributed by atoms with van der Waals surface area (Å²) >= 11 is 5.99. The summed E-state index contributed by atoms with van der Waals surface area (Å²) < 4.78 is 5.40. The second-order valence-electron chi connectivity index (χ2n) is 3.97. The third kappa shape index (κ3) is 3.05. The molecule has 1 aromatic rings. The number of Topliss-reactive ketones (excluding diaryl/α,β-unsaturated/α-hetero) is 1. The molecule has 0 aliphatic heterocycles. The van der Waals surface area contributed by atoms with Gasteiger partial charge in [-0.3, -0.25) is 9.78 Å². The summed E-state index contributed by atoms with van der Waals surface area (Å²) in [7, 11) is 1.58. The molecule has 0 aromatic carbocycles. The zero-order valence-electron chi connectivity index (χ0n) is 10.5. The predicted molar refractivity (Wildman–Crippen MR) is 68.3 cm³/mol. The van der Waals surface area contributed by atoms with Gasteiger partial charge in [-0.05, 0) is 24.5 Å². The molecular weight excluding hydrogens is 238 g/mol. The van der Waals surface area contributed by atoms with Crippen LogP contribution in [-0.2, 0) is 16.0 Å².